The third-order valence-electron chi connectivity index (χ3n) is 2.25. The number of hydrogen-bond acceptors (Lipinski definition) is 3. The van der Waals surface area contributed by atoms with Crippen LogP contribution >= 0.6 is 0 Å². The number of carboxylic acid groups (broad SMARTS) is 1. The Morgan fingerprint density at radius 3 is 2.50 bits per heavy atom. The number of aliphatic hydroxyl groups is 1. The lowest BCUT2D eigenvalue weighted by atomic mass is 9.91. The second kappa shape index (κ2) is 4.65. The maximum atomic E-state index is 10.9. The van der Waals surface area contributed by atoms with Crippen molar-refractivity contribution < 1.29 is 15.0 Å². The minimum Gasteiger partial charge on any atom is -0.479 e. The average Bonchev–Trinajstić information content (AvgIpc) is 2.26. The number of carboxylic acids is 1. The highest BCUT2D eigenvalue weighted by molar-refractivity contribution is 5.78. The maximum Gasteiger partial charge on any atom is 0.336 e. The molecule has 1 aromatic rings. The lowest BCUT2D eigenvalue weighted by Crippen LogP contribution is -2.40. The van der Waals surface area contributed by atoms with Gasteiger partial charge in [-0.3, -0.25) is 0 Å². The molecule has 2 unspecified atom stereocenters. The highest BCUT2D eigenvalue weighted by atomic mass is 16.4. The molecule has 0 saturated heterocycles. The third-order valence-corrected chi connectivity index (χ3v) is 2.25. The van der Waals surface area contributed by atoms with E-state index >= 15 is 0 Å². The summed E-state index contributed by atoms with van der Waals surface area (Å²) >= 11 is 0. The molecule has 0 radical (unpaired) electrons. The van der Waals surface area contributed by atoms with Crippen molar-refractivity contribution >= 4 is 5.97 Å². The Hall–Kier alpha value is -2.04. The Bertz CT molecular complexity index is 424. The summed E-state index contributed by atoms with van der Waals surface area (Å²) in [7, 11) is 0. The fourth-order valence-electron chi connectivity index (χ4n) is 1.31. The molecule has 0 fully saturated rings. The van der Waals surface area contributed by atoms with Gasteiger partial charge >= 0.3 is 5.97 Å². The number of azide groups is 1. The first kappa shape index (κ1) is 12.0. The number of benzene rings is 1. The molecule has 6 nitrogen and oxygen atoms in total. The van der Waals surface area contributed by atoms with E-state index < -0.39 is 17.6 Å². The second-order valence-electron chi connectivity index (χ2n) is 3.47. The van der Waals surface area contributed by atoms with E-state index in [1.165, 1.54) is 0 Å². The topological polar surface area (TPSA) is 106 Å². The van der Waals surface area contributed by atoms with Gasteiger partial charge in [0.1, 0.15) is 6.04 Å². The smallest absolute Gasteiger partial charge is 0.336 e. The van der Waals surface area contributed by atoms with Crippen LogP contribution in [0.1, 0.15) is 18.5 Å². The fourth-order valence-corrected chi connectivity index (χ4v) is 1.31. The van der Waals surface area contributed by atoms with Gasteiger partial charge in [0.25, 0.3) is 0 Å². The third kappa shape index (κ3) is 2.31. The largest absolute Gasteiger partial charge is 0.479 e. The van der Waals surface area contributed by atoms with Crippen molar-refractivity contribution in [3.63, 3.8) is 0 Å². The lowest BCUT2D eigenvalue weighted by Gasteiger charge is -2.25. The summed E-state index contributed by atoms with van der Waals surface area (Å²) in [6, 6.07) is 7.12. The molecule has 0 aliphatic carbocycles. The quantitative estimate of drug-likeness (QED) is 0.460. The van der Waals surface area contributed by atoms with Gasteiger partial charge in [-0.05, 0) is 18.0 Å². The van der Waals surface area contributed by atoms with Crippen molar-refractivity contribution in [2.75, 3.05) is 0 Å². The highest BCUT2D eigenvalue weighted by Crippen LogP contribution is 2.30. The van der Waals surface area contributed by atoms with Crippen LogP contribution in [0.25, 0.3) is 10.4 Å². The molecule has 0 aliphatic rings. The highest BCUT2D eigenvalue weighted by Gasteiger charge is 2.39. The Labute approximate surface area is 91.8 Å². The first-order valence-electron chi connectivity index (χ1n) is 4.55. The SMILES string of the molecule is CC(O)(C(=O)O)C(N=[N+]=[N-])c1ccccc1. The van der Waals surface area contributed by atoms with E-state index in [2.05, 4.69) is 10.0 Å². The summed E-state index contributed by atoms with van der Waals surface area (Å²) in [6.07, 6.45) is 0. The number of aliphatic carboxylic acids is 1. The van der Waals surface area contributed by atoms with Crippen LogP contribution in [-0.2, 0) is 4.79 Å². The molecule has 0 bridgehead atoms. The van der Waals surface area contributed by atoms with Gasteiger partial charge in [-0.15, -0.1) is 0 Å². The molecule has 1 aromatic carbocycles. The lowest BCUT2D eigenvalue weighted by molar-refractivity contribution is -0.158. The first-order valence-corrected chi connectivity index (χ1v) is 4.55. The average molecular weight is 221 g/mol. The summed E-state index contributed by atoms with van der Waals surface area (Å²) in [6.45, 7) is 1.10. The van der Waals surface area contributed by atoms with Gasteiger partial charge in [-0.25, -0.2) is 4.79 Å². The predicted octanol–water partition coefficient (Wildman–Crippen LogP) is 1.87. The predicted molar refractivity (Wildman–Crippen MR) is 56.6 cm³/mol. The van der Waals surface area contributed by atoms with Crippen molar-refractivity contribution in [3.05, 3.63) is 46.3 Å². The van der Waals surface area contributed by atoms with Gasteiger partial charge in [-0.2, -0.15) is 0 Å². The summed E-state index contributed by atoms with van der Waals surface area (Å²) < 4.78 is 0. The summed E-state index contributed by atoms with van der Waals surface area (Å²) in [4.78, 5) is 13.4. The summed E-state index contributed by atoms with van der Waals surface area (Å²) in [5.74, 6) is -1.44. The fraction of sp³-hybridized carbons (Fsp3) is 0.300. The molecule has 2 N–H and O–H groups in total. The second-order valence-corrected chi connectivity index (χ2v) is 3.47. The van der Waals surface area contributed by atoms with E-state index in [1.54, 1.807) is 30.3 Å². The molecule has 0 spiro atoms. The zero-order chi connectivity index (χ0) is 12.2. The number of rotatable bonds is 4. The van der Waals surface area contributed by atoms with E-state index in [0.29, 0.717) is 5.56 Å². The Balaban J connectivity index is 3.20. The molecule has 1 rings (SSSR count). The van der Waals surface area contributed by atoms with Gasteiger partial charge < -0.3 is 10.2 Å². The van der Waals surface area contributed by atoms with Crippen LogP contribution in [0.4, 0.5) is 0 Å². The number of carbonyl (C=O) groups is 1. The van der Waals surface area contributed by atoms with Crippen LogP contribution in [0.2, 0.25) is 0 Å². The summed E-state index contributed by atoms with van der Waals surface area (Å²) in [5, 5.41) is 22.0. The molecular formula is C10H11N3O3. The van der Waals surface area contributed by atoms with Crippen LogP contribution in [0.5, 0.6) is 0 Å². The molecule has 2 atom stereocenters. The molecule has 6 heteroatoms. The van der Waals surface area contributed by atoms with Gasteiger partial charge in [0.2, 0.25) is 0 Å². The Kier molecular flexibility index (Phi) is 3.50. The molecule has 0 aliphatic heterocycles. The van der Waals surface area contributed by atoms with E-state index in [-0.39, 0.29) is 0 Å². The Morgan fingerprint density at radius 1 is 1.50 bits per heavy atom. The minimum absolute atomic E-state index is 0.452. The van der Waals surface area contributed by atoms with Crippen molar-refractivity contribution in [3.8, 4) is 0 Å². The van der Waals surface area contributed by atoms with Crippen molar-refractivity contribution in [2.24, 2.45) is 5.11 Å². The molecule has 0 heterocycles. The first-order chi connectivity index (χ1) is 7.50. The molecule has 84 valence electrons. The van der Waals surface area contributed by atoms with Crippen LogP contribution in [0.3, 0.4) is 0 Å². The van der Waals surface area contributed by atoms with Crippen LogP contribution < -0.4 is 0 Å². The molecule has 0 aromatic heterocycles. The van der Waals surface area contributed by atoms with E-state index in [4.69, 9.17) is 10.6 Å². The van der Waals surface area contributed by atoms with Crippen molar-refractivity contribution in [2.45, 2.75) is 18.6 Å². The molecule has 0 saturated carbocycles. The standard InChI is InChI=1S/C10H11N3O3/c1-10(16,9(14)15)8(12-13-11)7-5-3-2-4-6-7/h2-6,8,16H,1H3,(H,14,15). The summed E-state index contributed by atoms with van der Waals surface area (Å²) in [5.41, 5.74) is 6.72. The maximum absolute atomic E-state index is 10.9. The van der Waals surface area contributed by atoms with Crippen molar-refractivity contribution in [1.82, 2.24) is 0 Å². The van der Waals surface area contributed by atoms with Gasteiger partial charge in [0.05, 0.1) is 0 Å². The number of nitrogens with zero attached hydrogens (tertiary/aromatic N) is 3. The van der Waals surface area contributed by atoms with Gasteiger partial charge in [0, 0.05) is 4.91 Å². The van der Waals surface area contributed by atoms with E-state index in [1.807, 2.05) is 0 Å². The zero-order valence-corrected chi connectivity index (χ0v) is 8.61. The zero-order valence-electron chi connectivity index (χ0n) is 8.61. The molecule has 0 amide bonds. The van der Waals surface area contributed by atoms with Crippen LogP contribution in [-0.4, -0.2) is 21.8 Å². The van der Waals surface area contributed by atoms with Gasteiger partial charge in [-0.1, -0.05) is 35.4 Å². The normalized spacial score (nSPS) is 15.6. The minimum atomic E-state index is -2.13. The van der Waals surface area contributed by atoms with Gasteiger partial charge in [0.15, 0.2) is 5.60 Å². The van der Waals surface area contributed by atoms with Crippen LogP contribution in [0.15, 0.2) is 35.4 Å². The number of hydrogen-bond donors (Lipinski definition) is 2. The van der Waals surface area contributed by atoms with E-state index in [0.717, 1.165) is 6.92 Å². The van der Waals surface area contributed by atoms with Crippen molar-refractivity contribution in [1.29, 1.82) is 0 Å². The monoisotopic (exact) mass is 221 g/mol. The van der Waals surface area contributed by atoms with Crippen LogP contribution in [0, 0.1) is 0 Å². The molecule has 16 heavy (non-hydrogen) atoms. The van der Waals surface area contributed by atoms with E-state index in [9.17, 15) is 9.90 Å². The molecular weight excluding hydrogens is 210 g/mol. The Morgan fingerprint density at radius 2 is 2.06 bits per heavy atom.